The van der Waals surface area contributed by atoms with Crippen LogP contribution in [0.2, 0.25) is 5.02 Å². The Morgan fingerprint density at radius 1 is 1.02 bits per heavy atom. The van der Waals surface area contributed by atoms with Gasteiger partial charge in [0, 0.05) is 17.3 Å². The Labute approximate surface area is 288 Å². The monoisotopic (exact) mass is 664 g/mol. The molecule has 0 bridgehead atoms. The highest BCUT2D eigenvalue weighted by Gasteiger charge is 2.57. The van der Waals surface area contributed by atoms with Gasteiger partial charge < -0.3 is 16.2 Å². The summed E-state index contributed by atoms with van der Waals surface area (Å²) in [5.74, 6) is 0.491. The Morgan fingerprint density at radius 2 is 1.62 bits per heavy atom. The van der Waals surface area contributed by atoms with Gasteiger partial charge in [0.05, 0.1) is 10.4 Å². The molecule has 0 atom stereocenters. The number of phenols is 1. The SMILES string of the molecule is C=C(CC)C1=C(c2cc(Cl)c(-c3cc(O)cc4ccccc34)c(F)c2CCC)C2(CC(N)C2)C(=O)N1.CC.CC.CCC(CC)CC. The van der Waals surface area contributed by atoms with Gasteiger partial charge in [0.1, 0.15) is 11.6 Å². The van der Waals surface area contributed by atoms with Crippen molar-refractivity contribution in [3.63, 3.8) is 0 Å². The molecule has 4 N–H and O–H groups in total. The first-order valence-corrected chi connectivity index (χ1v) is 18.2. The molecule has 6 heteroatoms. The number of benzene rings is 3. The number of halogens is 2. The van der Waals surface area contributed by atoms with Crippen LogP contribution in [0.5, 0.6) is 5.75 Å². The largest absolute Gasteiger partial charge is 0.508 e. The van der Waals surface area contributed by atoms with Crippen molar-refractivity contribution in [3.05, 3.63) is 82.3 Å². The lowest BCUT2D eigenvalue weighted by Gasteiger charge is -2.43. The molecule has 1 fully saturated rings. The second kappa shape index (κ2) is 18.4. The van der Waals surface area contributed by atoms with Crippen LogP contribution in [0.3, 0.4) is 0 Å². The first kappa shape index (κ1) is 40.0. The molecule has 0 radical (unpaired) electrons. The van der Waals surface area contributed by atoms with Crippen molar-refractivity contribution in [1.29, 1.82) is 0 Å². The second-order valence-electron chi connectivity index (χ2n) is 12.0. The van der Waals surface area contributed by atoms with Crippen molar-refractivity contribution < 1.29 is 14.3 Å². The fourth-order valence-corrected chi connectivity index (χ4v) is 6.99. The van der Waals surface area contributed by atoms with Crippen LogP contribution in [0.25, 0.3) is 27.5 Å². The normalized spacial score (nSPS) is 18.1. The van der Waals surface area contributed by atoms with Crippen molar-refractivity contribution in [3.8, 4) is 16.9 Å². The Morgan fingerprint density at radius 3 is 2.13 bits per heavy atom. The van der Waals surface area contributed by atoms with Crippen molar-refractivity contribution >= 4 is 33.9 Å². The van der Waals surface area contributed by atoms with E-state index in [-0.39, 0.29) is 28.3 Å². The van der Waals surface area contributed by atoms with Gasteiger partial charge in [-0.15, -0.1) is 0 Å². The van der Waals surface area contributed by atoms with Gasteiger partial charge in [0.25, 0.3) is 0 Å². The predicted molar refractivity (Wildman–Crippen MR) is 201 cm³/mol. The Kier molecular flexibility index (Phi) is 15.7. The zero-order chi connectivity index (χ0) is 35.5. The number of rotatable bonds is 9. The summed E-state index contributed by atoms with van der Waals surface area (Å²) in [6, 6.07) is 12.4. The van der Waals surface area contributed by atoms with Gasteiger partial charge in [0.2, 0.25) is 5.91 Å². The maximum atomic E-state index is 16.6. The summed E-state index contributed by atoms with van der Waals surface area (Å²) in [4.78, 5) is 13.2. The molecule has 5 rings (SSSR count). The number of hydrogen-bond donors (Lipinski definition) is 3. The van der Waals surface area contributed by atoms with Crippen LogP contribution in [0.4, 0.5) is 4.39 Å². The number of aromatic hydroxyl groups is 1. The summed E-state index contributed by atoms with van der Waals surface area (Å²) in [7, 11) is 0. The zero-order valence-corrected chi connectivity index (χ0v) is 31.0. The Bertz CT molecular complexity index is 1550. The maximum absolute atomic E-state index is 16.6. The molecule has 0 aromatic heterocycles. The van der Waals surface area contributed by atoms with E-state index in [1.54, 1.807) is 18.2 Å². The lowest BCUT2D eigenvalue weighted by atomic mass is 9.59. The summed E-state index contributed by atoms with van der Waals surface area (Å²) in [6.07, 6.45) is 6.88. The topological polar surface area (TPSA) is 75.3 Å². The number of amides is 1. The fraction of sp³-hybridized carbons (Fsp3) is 0.488. The average molecular weight is 665 g/mol. The molecule has 4 nitrogen and oxygen atoms in total. The van der Waals surface area contributed by atoms with Crippen LogP contribution < -0.4 is 11.1 Å². The Balaban J connectivity index is 0.000000613. The third-order valence-corrected chi connectivity index (χ3v) is 9.64. The first-order chi connectivity index (χ1) is 22.6. The lowest BCUT2D eigenvalue weighted by molar-refractivity contribution is -0.130. The third-order valence-electron chi connectivity index (χ3n) is 9.34. The van der Waals surface area contributed by atoms with Crippen LogP contribution in [0, 0.1) is 17.2 Å². The lowest BCUT2D eigenvalue weighted by Crippen LogP contribution is -2.51. The maximum Gasteiger partial charge on any atom is 0.235 e. The summed E-state index contributed by atoms with van der Waals surface area (Å²) >= 11 is 6.86. The minimum absolute atomic E-state index is 0.0394. The zero-order valence-electron chi connectivity index (χ0n) is 30.2. The minimum Gasteiger partial charge on any atom is -0.508 e. The summed E-state index contributed by atoms with van der Waals surface area (Å²) in [6.45, 7) is 22.9. The van der Waals surface area contributed by atoms with Crippen LogP contribution in [0.15, 0.2) is 60.3 Å². The molecule has 258 valence electrons. The molecule has 1 aliphatic carbocycles. The van der Waals surface area contributed by atoms with Crippen LogP contribution in [-0.4, -0.2) is 17.1 Å². The Hall–Kier alpha value is -3.15. The molecule has 3 aromatic rings. The summed E-state index contributed by atoms with van der Waals surface area (Å²) < 4.78 is 16.6. The number of allylic oxidation sites excluding steroid dienone is 1. The first-order valence-electron chi connectivity index (χ1n) is 17.8. The van der Waals surface area contributed by atoms with E-state index in [2.05, 4.69) is 32.7 Å². The van der Waals surface area contributed by atoms with E-state index in [1.807, 2.05) is 65.8 Å². The highest BCUT2D eigenvalue weighted by Crippen LogP contribution is 2.57. The molecule has 0 saturated heterocycles. The molecule has 1 heterocycles. The van der Waals surface area contributed by atoms with Crippen molar-refractivity contribution in [1.82, 2.24) is 5.32 Å². The highest BCUT2D eigenvalue weighted by atomic mass is 35.5. The molecule has 0 unspecified atom stereocenters. The van der Waals surface area contributed by atoms with Gasteiger partial charge in [-0.1, -0.05) is 130 Å². The van der Waals surface area contributed by atoms with Gasteiger partial charge in [0.15, 0.2) is 0 Å². The highest BCUT2D eigenvalue weighted by molar-refractivity contribution is 6.34. The molecule has 1 saturated carbocycles. The van der Waals surface area contributed by atoms with E-state index in [0.29, 0.717) is 54.5 Å². The van der Waals surface area contributed by atoms with E-state index in [9.17, 15) is 9.90 Å². The predicted octanol–water partition coefficient (Wildman–Crippen LogP) is 11.8. The number of phenolic OH excluding ortho intramolecular Hbond substituents is 1. The third kappa shape index (κ3) is 8.29. The number of fused-ring (bicyclic) bond motifs is 1. The molecule has 1 aliphatic heterocycles. The van der Waals surface area contributed by atoms with E-state index in [4.69, 9.17) is 17.3 Å². The van der Waals surface area contributed by atoms with Gasteiger partial charge in [-0.25, -0.2) is 4.39 Å². The van der Waals surface area contributed by atoms with Crippen LogP contribution in [0.1, 0.15) is 118 Å². The molecular weight excluding hydrogens is 607 g/mol. The standard InChI is InChI=1S/C30H30ClFN2O2.C7H16.2C2H6/c1-4-8-21-23(26-28(16(3)5-2)34-29(36)30(26)14-18(33)15-30)13-24(31)25(27(21)32)22-12-19(35)11-17-9-6-7-10-20(17)22;1-4-7(5-2)6-3;2*1-2/h6-7,9-13,18,35H,3-5,8,14-15,33H2,1-2H3,(H,34,36);7H,4-6H2,1-3H3;2*1-2H3. The van der Waals surface area contributed by atoms with E-state index >= 15 is 4.39 Å². The second-order valence-corrected chi connectivity index (χ2v) is 12.4. The summed E-state index contributed by atoms with van der Waals surface area (Å²) in [5, 5.41) is 15.3. The van der Waals surface area contributed by atoms with Crippen molar-refractivity contribution in [2.75, 3.05) is 0 Å². The number of nitrogens with one attached hydrogen (secondary N) is 1. The van der Waals surface area contributed by atoms with E-state index < -0.39 is 11.2 Å². The van der Waals surface area contributed by atoms with Crippen molar-refractivity contribution in [2.24, 2.45) is 17.1 Å². The van der Waals surface area contributed by atoms with E-state index in [1.165, 1.54) is 19.3 Å². The molecule has 1 spiro atoms. The molecular formula is C41H58ClFN2O2. The minimum atomic E-state index is -0.801. The van der Waals surface area contributed by atoms with Gasteiger partial charge in [-0.3, -0.25) is 4.79 Å². The van der Waals surface area contributed by atoms with Crippen LogP contribution in [-0.2, 0) is 11.2 Å². The summed E-state index contributed by atoms with van der Waals surface area (Å²) in [5.41, 5.74) is 9.52. The fourth-order valence-electron chi connectivity index (χ4n) is 6.70. The molecule has 3 aromatic carbocycles. The molecule has 2 aliphatic rings. The van der Waals surface area contributed by atoms with Gasteiger partial charge in [-0.2, -0.15) is 0 Å². The number of carbonyl (C=O) groups excluding carboxylic acids is 1. The molecule has 47 heavy (non-hydrogen) atoms. The quantitative estimate of drug-likeness (QED) is 0.213. The number of carbonyl (C=O) groups is 1. The van der Waals surface area contributed by atoms with Gasteiger partial charge in [-0.05, 0) is 88.4 Å². The smallest absolute Gasteiger partial charge is 0.235 e. The number of hydrogen-bond acceptors (Lipinski definition) is 3. The van der Waals surface area contributed by atoms with Crippen molar-refractivity contribution in [2.45, 2.75) is 120 Å². The average Bonchev–Trinajstić information content (AvgIpc) is 3.37. The van der Waals surface area contributed by atoms with Gasteiger partial charge >= 0.3 is 0 Å². The van der Waals surface area contributed by atoms with E-state index in [0.717, 1.165) is 27.8 Å². The number of nitrogens with two attached hydrogens (primary N) is 1. The van der Waals surface area contributed by atoms with Crippen LogP contribution >= 0.6 is 11.6 Å². The molecule has 1 amide bonds.